The van der Waals surface area contributed by atoms with Crippen molar-refractivity contribution in [2.45, 2.75) is 59.3 Å². The van der Waals surface area contributed by atoms with Gasteiger partial charge in [-0.2, -0.15) is 0 Å². The molecule has 0 radical (unpaired) electrons. The molecule has 1 spiro atoms. The third-order valence-electron chi connectivity index (χ3n) is 6.26. The molecule has 19 heavy (non-hydrogen) atoms. The molecule has 0 aromatic carbocycles. The van der Waals surface area contributed by atoms with Crippen LogP contribution in [0.2, 0.25) is 0 Å². The first-order chi connectivity index (χ1) is 8.94. The van der Waals surface area contributed by atoms with Crippen LogP contribution in [0.3, 0.4) is 0 Å². The molecule has 1 heteroatoms. The van der Waals surface area contributed by atoms with Crippen molar-refractivity contribution in [2.24, 2.45) is 22.7 Å². The lowest BCUT2D eigenvalue weighted by Gasteiger charge is -2.54. The van der Waals surface area contributed by atoms with Gasteiger partial charge in [0.15, 0.2) is 0 Å². The summed E-state index contributed by atoms with van der Waals surface area (Å²) in [6, 6.07) is 0. The molecule has 0 saturated heterocycles. The molecule has 3 rings (SSSR count). The number of rotatable bonds is 2. The minimum absolute atomic E-state index is 0.0545. The topological polar surface area (TPSA) is 17.1 Å². The maximum atomic E-state index is 12.3. The van der Waals surface area contributed by atoms with Gasteiger partial charge in [0, 0.05) is 17.8 Å². The molecular formula is C18H26O. The van der Waals surface area contributed by atoms with E-state index in [0.29, 0.717) is 23.0 Å². The number of carbonyl (C=O) groups is 1. The fraction of sp³-hybridized carbons (Fsp3) is 0.722. The third kappa shape index (κ3) is 1.57. The molecule has 2 fully saturated rings. The van der Waals surface area contributed by atoms with Crippen LogP contribution in [0.4, 0.5) is 0 Å². The lowest BCUT2D eigenvalue weighted by Crippen LogP contribution is -2.52. The van der Waals surface area contributed by atoms with Gasteiger partial charge >= 0.3 is 0 Å². The van der Waals surface area contributed by atoms with Crippen molar-refractivity contribution in [1.29, 1.82) is 0 Å². The molecule has 3 aliphatic rings. The molecule has 0 aromatic rings. The van der Waals surface area contributed by atoms with E-state index >= 15 is 0 Å². The zero-order valence-corrected chi connectivity index (χ0v) is 12.6. The molecule has 1 nitrogen and oxygen atoms in total. The Hall–Kier alpha value is -0.850. The average molecular weight is 258 g/mol. The molecule has 0 aliphatic heterocycles. The first kappa shape index (κ1) is 13.1. The maximum absolute atomic E-state index is 12.3. The summed E-state index contributed by atoms with van der Waals surface area (Å²) in [4.78, 5) is 12.3. The van der Waals surface area contributed by atoms with E-state index in [9.17, 15) is 4.79 Å². The van der Waals surface area contributed by atoms with E-state index in [2.05, 4.69) is 33.4 Å². The highest BCUT2D eigenvalue weighted by atomic mass is 16.1. The van der Waals surface area contributed by atoms with E-state index in [1.165, 1.54) is 19.3 Å². The van der Waals surface area contributed by atoms with Crippen LogP contribution in [0, 0.1) is 22.7 Å². The van der Waals surface area contributed by atoms with Crippen molar-refractivity contribution in [2.75, 3.05) is 0 Å². The molecule has 3 atom stereocenters. The van der Waals surface area contributed by atoms with Crippen molar-refractivity contribution in [3.05, 3.63) is 23.8 Å². The minimum Gasteiger partial charge on any atom is -0.299 e. The summed E-state index contributed by atoms with van der Waals surface area (Å²) in [5.41, 5.74) is 3.53. The highest BCUT2D eigenvalue weighted by Gasteiger charge is 2.58. The molecule has 0 N–H and O–H groups in total. The van der Waals surface area contributed by atoms with E-state index in [4.69, 9.17) is 0 Å². The highest BCUT2D eigenvalue weighted by molar-refractivity contribution is 5.91. The van der Waals surface area contributed by atoms with Gasteiger partial charge in [-0.1, -0.05) is 38.0 Å². The second-order valence-corrected chi connectivity index (χ2v) is 7.45. The van der Waals surface area contributed by atoms with Gasteiger partial charge in [0.05, 0.1) is 0 Å². The molecule has 0 bridgehead atoms. The van der Waals surface area contributed by atoms with Crippen LogP contribution in [-0.2, 0) is 4.79 Å². The van der Waals surface area contributed by atoms with Crippen molar-refractivity contribution in [3.8, 4) is 0 Å². The molecule has 0 amide bonds. The summed E-state index contributed by atoms with van der Waals surface area (Å²) in [7, 11) is 0. The van der Waals surface area contributed by atoms with Crippen LogP contribution in [0.15, 0.2) is 23.8 Å². The maximum Gasteiger partial charge on any atom is 0.139 e. The standard InChI is InChI=1S/C18H26O/c1-5-14-16-13(12(2)3)6-8-17(16,4)10-11-18(14)9-7-15(18)19/h5,12,14H,1,6-11H2,2-4H3/t14-,17-,18-/m1/s1. The van der Waals surface area contributed by atoms with E-state index in [0.717, 1.165) is 19.3 Å². The normalized spacial score (nSPS) is 41.7. The molecule has 3 aliphatic carbocycles. The van der Waals surface area contributed by atoms with E-state index in [-0.39, 0.29) is 5.41 Å². The van der Waals surface area contributed by atoms with Crippen LogP contribution in [-0.4, -0.2) is 5.78 Å². The van der Waals surface area contributed by atoms with Gasteiger partial charge in [0.1, 0.15) is 5.78 Å². The monoisotopic (exact) mass is 258 g/mol. The zero-order chi connectivity index (χ0) is 13.8. The van der Waals surface area contributed by atoms with Gasteiger partial charge in [0.25, 0.3) is 0 Å². The van der Waals surface area contributed by atoms with Gasteiger partial charge in [0.2, 0.25) is 0 Å². The Morgan fingerprint density at radius 3 is 2.42 bits per heavy atom. The third-order valence-corrected chi connectivity index (χ3v) is 6.26. The number of hydrogen-bond acceptors (Lipinski definition) is 1. The van der Waals surface area contributed by atoms with Crippen LogP contribution < -0.4 is 0 Å². The van der Waals surface area contributed by atoms with Crippen molar-refractivity contribution in [1.82, 2.24) is 0 Å². The number of hydrogen-bond donors (Lipinski definition) is 0. The van der Waals surface area contributed by atoms with E-state index in [1.54, 1.807) is 11.1 Å². The Morgan fingerprint density at radius 1 is 1.21 bits per heavy atom. The van der Waals surface area contributed by atoms with Crippen LogP contribution in [0.5, 0.6) is 0 Å². The first-order valence-electron chi connectivity index (χ1n) is 7.84. The van der Waals surface area contributed by atoms with Gasteiger partial charge in [-0.3, -0.25) is 4.79 Å². The average Bonchev–Trinajstić information content (AvgIpc) is 2.73. The SMILES string of the molecule is C=C[C@@H]1C2=C(C(C)C)CC[C@]2(C)CC[C@]12CCC2=O. The van der Waals surface area contributed by atoms with Crippen LogP contribution in [0.1, 0.15) is 59.3 Å². The van der Waals surface area contributed by atoms with Crippen molar-refractivity contribution in [3.63, 3.8) is 0 Å². The van der Waals surface area contributed by atoms with Crippen LogP contribution >= 0.6 is 0 Å². The number of ketones is 1. The Balaban J connectivity index is 2.11. The number of carbonyl (C=O) groups excluding carboxylic acids is 1. The van der Waals surface area contributed by atoms with E-state index in [1.807, 2.05) is 0 Å². The zero-order valence-electron chi connectivity index (χ0n) is 12.6. The minimum atomic E-state index is -0.0545. The highest BCUT2D eigenvalue weighted by Crippen LogP contribution is 2.64. The summed E-state index contributed by atoms with van der Waals surface area (Å²) < 4.78 is 0. The molecule has 0 aromatic heterocycles. The summed E-state index contributed by atoms with van der Waals surface area (Å²) in [5.74, 6) is 1.44. The fourth-order valence-corrected chi connectivity index (χ4v) is 4.92. The quantitative estimate of drug-likeness (QED) is 0.657. The lowest BCUT2D eigenvalue weighted by molar-refractivity contribution is -0.143. The fourth-order valence-electron chi connectivity index (χ4n) is 4.92. The number of Topliss-reactive ketones (excluding diaryl/α,β-unsaturated/α-hetero) is 1. The second kappa shape index (κ2) is 4.07. The Kier molecular flexibility index (Phi) is 2.82. The predicted molar refractivity (Wildman–Crippen MR) is 78.8 cm³/mol. The summed E-state index contributed by atoms with van der Waals surface area (Å²) in [6.07, 6.45) is 8.79. The number of fused-ring (bicyclic) bond motifs is 1. The lowest BCUT2D eigenvalue weighted by atomic mass is 9.48. The van der Waals surface area contributed by atoms with Gasteiger partial charge < -0.3 is 0 Å². The number of allylic oxidation sites excluding steroid dienone is 3. The van der Waals surface area contributed by atoms with Gasteiger partial charge in [-0.15, -0.1) is 6.58 Å². The molecule has 0 unspecified atom stereocenters. The van der Waals surface area contributed by atoms with Crippen molar-refractivity contribution >= 4 is 5.78 Å². The van der Waals surface area contributed by atoms with Crippen molar-refractivity contribution < 1.29 is 4.79 Å². The largest absolute Gasteiger partial charge is 0.299 e. The Bertz CT molecular complexity index is 470. The van der Waals surface area contributed by atoms with E-state index < -0.39 is 0 Å². The Labute approximate surface area is 117 Å². The predicted octanol–water partition coefficient (Wildman–Crippen LogP) is 4.68. The summed E-state index contributed by atoms with van der Waals surface area (Å²) >= 11 is 0. The smallest absolute Gasteiger partial charge is 0.139 e. The molecule has 0 heterocycles. The first-order valence-corrected chi connectivity index (χ1v) is 7.84. The van der Waals surface area contributed by atoms with Gasteiger partial charge in [-0.25, -0.2) is 0 Å². The van der Waals surface area contributed by atoms with Crippen LogP contribution in [0.25, 0.3) is 0 Å². The summed E-state index contributed by atoms with van der Waals surface area (Å²) in [5, 5.41) is 0. The molecular weight excluding hydrogens is 232 g/mol. The Morgan fingerprint density at radius 2 is 1.95 bits per heavy atom. The van der Waals surface area contributed by atoms with Gasteiger partial charge in [-0.05, 0) is 43.4 Å². The molecule has 2 saturated carbocycles. The second-order valence-electron chi connectivity index (χ2n) is 7.45. The molecule has 104 valence electrons. The summed E-state index contributed by atoms with van der Waals surface area (Å²) in [6.45, 7) is 11.1.